The molecule has 0 amide bonds. The number of anilines is 2. The molecule has 4 heteroatoms. The minimum atomic E-state index is 0.493. The first-order valence-corrected chi connectivity index (χ1v) is 7.22. The third-order valence-electron chi connectivity index (χ3n) is 4.30. The summed E-state index contributed by atoms with van der Waals surface area (Å²) in [4.78, 5) is 6.87. The van der Waals surface area contributed by atoms with Crippen molar-refractivity contribution in [3.63, 3.8) is 0 Å². The van der Waals surface area contributed by atoms with Crippen molar-refractivity contribution in [1.82, 2.24) is 4.98 Å². The predicted octanol–water partition coefficient (Wildman–Crippen LogP) is 3.08. The second-order valence-electron chi connectivity index (χ2n) is 5.65. The molecule has 1 fully saturated rings. The highest BCUT2D eigenvalue weighted by molar-refractivity contribution is 5.54. The molecule has 19 heavy (non-hydrogen) atoms. The van der Waals surface area contributed by atoms with Crippen molar-refractivity contribution in [2.24, 2.45) is 5.41 Å². The molecule has 0 radical (unpaired) electrons. The summed E-state index contributed by atoms with van der Waals surface area (Å²) in [6, 6.07) is 3.88. The SMILES string of the molecule is CCOc1nc(N2CCC(C)(CC)CC2)ccc1N. The molecule has 0 atom stereocenters. The maximum absolute atomic E-state index is 5.86. The number of aromatic nitrogens is 1. The van der Waals surface area contributed by atoms with Crippen LogP contribution >= 0.6 is 0 Å². The molecule has 2 rings (SSSR count). The summed E-state index contributed by atoms with van der Waals surface area (Å²) in [5, 5.41) is 0. The lowest BCUT2D eigenvalue weighted by Crippen LogP contribution is -2.38. The van der Waals surface area contributed by atoms with Crippen LogP contribution in [0, 0.1) is 5.41 Å². The van der Waals surface area contributed by atoms with Crippen LogP contribution in [0.2, 0.25) is 0 Å². The molecule has 1 aromatic rings. The van der Waals surface area contributed by atoms with E-state index in [0.29, 0.717) is 23.6 Å². The summed E-state index contributed by atoms with van der Waals surface area (Å²) >= 11 is 0. The van der Waals surface area contributed by atoms with Crippen molar-refractivity contribution in [2.75, 3.05) is 30.3 Å². The van der Waals surface area contributed by atoms with E-state index in [1.807, 2.05) is 19.1 Å². The van der Waals surface area contributed by atoms with E-state index in [0.717, 1.165) is 18.9 Å². The average Bonchev–Trinajstić information content (AvgIpc) is 2.43. The van der Waals surface area contributed by atoms with Crippen molar-refractivity contribution in [1.29, 1.82) is 0 Å². The Kier molecular flexibility index (Phi) is 4.17. The Balaban J connectivity index is 2.09. The summed E-state index contributed by atoms with van der Waals surface area (Å²) in [5.74, 6) is 1.54. The van der Waals surface area contributed by atoms with Gasteiger partial charge in [-0.2, -0.15) is 4.98 Å². The number of nitrogen functional groups attached to an aromatic ring is 1. The molecule has 0 bridgehead atoms. The number of rotatable bonds is 4. The second-order valence-corrected chi connectivity index (χ2v) is 5.65. The van der Waals surface area contributed by atoms with Crippen molar-refractivity contribution < 1.29 is 4.74 Å². The zero-order chi connectivity index (χ0) is 13.9. The minimum absolute atomic E-state index is 0.493. The maximum atomic E-state index is 5.86. The minimum Gasteiger partial charge on any atom is -0.476 e. The lowest BCUT2D eigenvalue weighted by Gasteiger charge is -2.39. The number of pyridine rings is 1. The first kappa shape index (κ1) is 14.0. The summed E-state index contributed by atoms with van der Waals surface area (Å²) < 4.78 is 5.47. The van der Waals surface area contributed by atoms with Gasteiger partial charge >= 0.3 is 0 Å². The Morgan fingerprint density at radius 3 is 2.58 bits per heavy atom. The number of hydrogen-bond acceptors (Lipinski definition) is 4. The fraction of sp³-hybridized carbons (Fsp3) is 0.667. The van der Waals surface area contributed by atoms with E-state index in [9.17, 15) is 0 Å². The number of ether oxygens (including phenoxy) is 1. The zero-order valence-corrected chi connectivity index (χ0v) is 12.3. The standard InChI is InChI=1S/C15H25N3O/c1-4-15(3)8-10-18(11-9-15)13-7-6-12(16)14(17-13)19-5-2/h6-7H,4-5,8-11,16H2,1-3H3. The fourth-order valence-corrected chi connectivity index (χ4v) is 2.50. The molecule has 2 heterocycles. The van der Waals surface area contributed by atoms with Gasteiger partial charge in [-0.25, -0.2) is 0 Å². The summed E-state index contributed by atoms with van der Waals surface area (Å²) in [7, 11) is 0. The molecular formula is C15H25N3O. The first-order valence-electron chi connectivity index (χ1n) is 7.22. The van der Waals surface area contributed by atoms with Crippen LogP contribution in [-0.4, -0.2) is 24.7 Å². The highest BCUT2D eigenvalue weighted by Crippen LogP contribution is 2.35. The number of piperidine rings is 1. The summed E-state index contributed by atoms with van der Waals surface area (Å²) in [6.45, 7) is 9.33. The molecule has 1 saturated heterocycles. The lowest BCUT2D eigenvalue weighted by molar-refractivity contribution is 0.237. The fourth-order valence-electron chi connectivity index (χ4n) is 2.50. The molecule has 1 aliphatic rings. The molecule has 0 spiro atoms. The molecule has 0 aliphatic carbocycles. The maximum Gasteiger partial charge on any atom is 0.239 e. The van der Waals surface area contributed by atoms with Crippen LogP contribution in [0.5, 0.6) is 5.88 Å². The Bertz CT molecular complexity index is 425. The summed E-state index contributed by atoms with van der Waals surface area (Å²) in [6.07, 6.45) is 3.69. The smallest absolute Gasteiger partial charge is 0.239 e. The third kappa shape index (κ3) is 3.11. The van der Waals surface area contributed by atoms with E-state index in [2.05, 4.69) is 23.7 Å². The highest BCUT2D eigenvalue weighted by atomic mass is 16.5. The largest absolute Gasteiger partial charge is 0.476 e. The van der Waals surface area contributed by atoms with Gasteiger partial charge in [0.1, 0.15) is 5.82 Å². The van der Waals surface area contributed by atoms with Gasteiger partial charge in [0.25, 0.3) is 0 Å². The van der Waals surface area contributed by atoms with Crippen LogP contribution in [0.3, 0.4) is 0 Å². The van der Waals surface area contributed by atoms with E-state index in [4.69, 9.17) is 10.5 Å². The van der Waals surface area contributed by atoms with Crippen LogP contribution in [0.1, 0.15) is 40.0 Å². The zero-order valence-electron chi connectivity index (χ0n) is 12.3. The quantitative estimate of drug-likeness (QED) is 0.907. The molecule has 4 nitrogen and oxygen atoms in total. The van der Waals surface area contributed by atoms with Gasteiger partial charge in [-0.05, 0) is 37.3 Å². The topological polar surface area (TPSA) is 51.4 Å². The van der Waals surface area contributed by atoms with Crippen molar-refractivity contribution >= 4 is 11.5 Å². The Morgan fingerprint density at radius 2 is 2.00 bits per heavy atom. The van der Waals surface area contributed by atoms with Gasteiger partial charge in [0.2, 0.25) is 5.88 Å². The number of hydrogen-bond donors (Lipinski definition) is 1. The second kappa shape index (κ2) is 5.68. The van der Waals surface area contributed by atoms with Crippen LogP contribution in [0.25, 0.3) is 0 Å². The summed E-state index contributed by atoms with van der Waals surface area (Å²) in [5.41, 5.74) is 6.97. The van der Waals surface area contributed by atoms with Gasteiger partial charge in [-0.3, -0.25) is 0 Å². The molecule has 1 aromatic heterocycles. The molecule has 106 valence electrons. The van der Waals surface area contributed by atoms with Gasteiger partial charge in [-0.15, -0.1) is 0 Å². The highest BCUT2D eigenvalue weighted by Gasteiger charge is 2.28. The Morgan fingerprint density at radius 1 is 1.32 bits per heavy atom. The molecule has 1 aliphatic heterocycles. The molecular weight excluding hydrogens is 238 g/mol. The molecule has 0 aromatic carbocycles. The van der Waals surface area contributed by atoms with E-state index in [1.54, 1.807) is 0 Å². The lowest BCUT2D eigenvalue weighted by atomic mass is 9.78. The van der Waals surface area contributed by atoms with Crippen molar-refractivity contribution in [3.05, 3.63) is 12.1 Å². The van der Waals surface area contributed by atoms with Gasteiger partial charge in [-0.1, -0.05) is 20.3 Å². The van der Waals surface area contributed by atoms with E-state index in [-0.39, 0.29) is 0 Å². The number of nitrogens with zero attached hydrogens (tertiary/aromatic N) is 2. The van der Waals surface area contributed by atoms with Gasteiger partial charge in [0.15, 0.2) is 0 Å². The Hall–Kier alpha value is -1.45. The van der Waals surface area contributed by atoms with E-state index in [1.165, 1.54) is 19.3 Å². The van der Waals surface area contributed by atoms with Crippen LogP contribution in [0.15, 0.2) is 12.1 Å². The van der Waals surface area contributed by atoms with Crippen LogP contribution in [-0.2, 0) is 0 Å². The average molecular weight is 263 g/mol. The molecule has 2 N–H and O–H groups in total. The normalized spacial score (nSPS) is 18.4. The van der Waals surface area contributed by atoms with Crippen molar-refractivity contribution in [3.8, 4) is 5.88 Å². The van der Waals surface area contributed by atoms with Gasteiger partial charge in [0.05, 0.1) is 12.3 Å². The van der Waals surface area contributed by atoms with Crippen LogP contribution in [0.4, 0.5) is 11.5 Å². The van der Waals surface area contributed by atoms with E-state index >= 15 is 0 Å². The third-order valence-corrected chi connectivity index (χ3v) is 4.30. The van der Waals surface area contributed by atoms with Gasteiger partial charge < -0.3 is 15.4 Å². The molecule has 0 unspecified atom stereocenters. The van der Waals surface area contributed by atoms with E-state index < -0.39 is 0 Å². The monoisotopic (exact) mass is 263 g/mol. The van der Waals surface area contributed by atoms with Crippen LogP contribution < -0.4 is 15.4 Å². The van der Waals surface area contributed by atoms with Crippen molar-refractivity contribution in [2.45, 2.75) is 40.0 Å². The number of nitrogens with two attached hydrogens (primary N) is 1. The molecule has 0 saturated carbocycles. The predicted molar refractivity (Wildman–Crippen MR) is 79.7 cm³/mol. The van der Waals surface area contributed by atoms with Gasteiger partial charge in [0, 0.05) is 13.1 Å². The Labute approximate surface area is 116 Å². The first-order chi connectivity index (χ1) is 9.08.